The Labute approximate surface area is 98.3 Å². The van der Waals surface area contributed by atoms with E-state index < -0.39 is 0 Å². The maximum absolute atomic E-state index is 9.08. The van der Waals surface area contributed by atoms with Gasteiger partial charge < -0.3 is 4.98 Å². The number of benzene rings is 1. The molecule has 1 aliphatic heterocycles. The molecule has 0 fully saturated rings. The fourth-order valence-corrected chi connectivity index (χ4v) is 2.09. The fraction of sp³-hybridized carbons (Fsp3) is 0.0833. The van der Waals surface area contributed by atoms with Gasteiger partial charge in [-0.05, 0) is 6.07 Å². The van der Waals surface area contributed by atoms with Crippen LogP contribution in [0, 0.1) is 11.3 Å². The van der Waals surface area contributed by atoms with Crippen molar-refractivity contribution in [1.29, 1.82) is 5.26 Å². The van der Waals surface area contributed by atoms with E-state index in [2.05, 4.69) is 22.0 Å². The van der Waals surface area contributed by atoms with Gasteiger partial charge in [-0.25, -0.2) is 0 Å². The van der Waals surface area contributed by atoms with Crippen LogP contribution in [-0.2, 0) is 0 Å². The van der Waals surface area contributed by atoms with Gasteiger partial charge in [-0.3, -0.25) is 10.4 Å². The van der Waals surface area contributed by atoms with Gasteiger partial charge in [0.1, 0.15) is 6.07 Å². The third-order valence-corrected chi connectivity index (χ3v) is 2.88. The van der Waals surface area contributed by atoms with E-state index in [-0.39, 0.29) is 0 Å². The third-order valence-electron chi connectivity index (χ3n) is 2.88. The summed E-state index contributed by atoms with van der Waals surface area (Å²) in [6, 6.07) is 10.2. The molecule has 2 aromatic rings. The summed E-state index contributed by atoms with van der Waals surface area (Å²) in [5.41, 5.74) is 9.19. The summed E-state index contributed by atoms with van der Waals surface area (Å²) in [5, 5.41) is 12.0. The van der Waals surface area contributed by atoms with E-state index in [1.165, 1.54) is 0 Å². The number of rotatable bonds is 1. The highest BCUT2D eigenvalue weighted by Gasteiger charge is 2.22. The molecule has 0 amide bonds. The summed E-state index contributed by atoms with van der Waals surface area (Å²) in [7, 11) is 1.87. The largest absolute Gasteiger partial charge is 0.360 e. The molecule has 2 heterocycles. The summed E-state index contributed by atoms with van der Waals surface area (Å²) in [6.07, 6.45) is 1.92. The lowest BCUT2D eigenvalue weighted by atomic mass is 10.1. The number of hydrogen-bond donors (Lipinski definition) is 3. The van der Waals surface area contributed by atoms with Crippen LogP contribution in [0.2, 0.25) is 0 Å². The Hall–Kier alpha value is -2.45. The lowest BCUT2D eigenvalue weighted by Gasteiger charge is -2.13. The van der Waals surface area contributed by atoms with Crippen LogP contribution in [-0.4, -0.2) is 17.0 Å². The number of aromatic nitrogens is 1. The number of para-hydroxylation sites is 1. The Balaban J connectivity index is 2.26. The van der Waals surface area contributed by atoms with Crippen LogP contribution >= 0.6 is 0 Å². The van der Waals surface area contributed by atoms with Gasteiger partial charge in [0, 0.05) is 29.7 Å². The number of hydrazine groups is 2. The van der Waals surface area contributed by atoms with E-state index in [9.17, 15) is 0 Å². The first-order chi connectivity index (χ1) is 8.31. The second-order valence-corrected chi connectivity index (χ2v) is 3.88. The molecule has 0 bridgehead atoms. The summed E-state index contributed by atoms with van der Waals surface area (Å²) < 4.78 is 0. The van der Waals surface area contributed by atoms with Crippen LogP contribution in [0.1, 0.15) is 5.56 Å². The zero-order valence-electron chi connectivity index (χ0n) is 9.28. The van der Waals surface area contributed by atoms with Crippen molar-refractivity contribution in [3.63, 3.8) is 0 Å². The van der Waals surface area contributed by atoms with Crippen molar-refractivity contribution in [2.75, 3.05) is 7.05 Å². The van der Waals surface area contributed by atoms with Gasteiger partial charge >= 0.3 is 0 Å². The third kappa shape index (κ3) is 1.35. The number of nitrogens with zero attached hydrogens (tertiary/aromatic N) is 2. The number of H-pyrrole nitrogens is 1. The highest BCUT2D eigenvalue weighted by atomic mass is 15.7. The molecule has 0 aliphatic carbocycles. The second-order valence-electron chi connectivity index (χ2n) is 3.88. The molecule has 84 valence electrons. The molecule has 0 atom stereocenters. The van der Waals surface area contributed by atoms with Gasteiger partial charge in [-0.15, -0.1) is 5.53 Å². The van der Waals surface area contributed by atoms with E-state index in [1.54, 1.807) is 5.01 Å². The van der Waals surface area contributed by atoms with Crippen molar-refractivity contribution in [3.8, 4) is 6.07 Å². The molecule has 0 unspecified atom stereocenters. The summed E-state index contributed by atoms with van der Waals surface area (Å²) >= 11 is 0. The van der Waals surface area contributed by atoms with Crippen LogP contribution in [0.4, 0.5) is 0 Å². The molecule has 0 saturated carbocycles. The van der Waals surface area contributed by atoms with Crippen molar-refractivity contribution in [1.82, 2.24) is 21.0 Å². The van der Waals surface area contributed by atoms with Crippen LogP contribution in [0.15, 0.2) is 36.2 Å². The van der Waals surface area contributed by atoms with Crippen molar-refractivity contribution < 1.29 is 0 Å². The first kappa shape index (κ1) is 9.75. The van der Waals surface area contributed by atoms with Gasteiger partial charge in [0.2, 0.25) is 0 Å². The SMILES string of the molecule is CN1NNC(C#N)=C1c1c[nH]c2ccccc12. The number of hydrogen-bond acceptors (Lipinski definition) is 4. The Morgan fingerprint density at radius 3 is 2.94 bits per heavy atom. The molecular weight excluding hydrogens is 214 g/mol. The highest BCUT2D eigenvalue weighted by Crippen LogP contribution is 2.29. The van der Waals surface area contributed by atoms with Crippen LogP contribution in [0.5, 0.6) is 0 Å². The monoisotopic (exact) mass is 225 g/mol. The normalized spacial score (nSPS) is 15.2. The molecule has 1 aliphatic rings. The number of nitriles is 1. The van der Waals surface area contributed by atoms with Crippen LogP contribution < -0.4 is 11.0 Å². The average Bonchev–Trinajstić information content (AvgIpc) is 2.92. The Morgan fingerprint density at radius 1 is 1.29 bits per heavy atom. The Bertz CT molecular complexity index is 646. The predicted molar refractivity (Wildman–Crippen MR) is 64.9 cm³/mol. The highest BCUT2D eigenvalue weighted by molar-refractivity contribution is 5.93. The Kier molecular flexibility index (Phi) is 2.03. The van der Waals surface area contributed by atoms with E-state index in [1.807, 2.05) is 37.5 Å². The quantitative estimate of drug-likeness (QED) is 0.684. The average molecular weight is 225 g/mol. The molecule has 1 aromatic carbocycles. The van der Waals surface area contributed by atoms with E-state index in [0.29, 0.717) is 5.70 Å². The first-order valence-electron chi connectivity index (χ1n) is 5.27. The number of aromatic amines is 1. The molecule has 3 N–H and O–H groups in total. The second kappa shape index (κ2) is 3.54. The number of allylic oxidation sites excluding steroid dienone is 1. The van der Waals surface area contributed by atoms with Crippen molar-refractivity contribution in [2.45, 2.75) is 0 Å². The Morgan fingerprint density at radius 2 is 2.12 bits per heavy atom. The molecule has 3 rings (SSSR count). The summed E-state index contributed by atoms with van der Waals surface area (Å²) in [4.78, 5) is 3.20. The van der Waals surface area contributed by atoms with Gasteiger partial charge in [0.15, 0.2) is 5.70 Å². The minimum atomic E-state index is 0.525. The minimum Gasteiger partial charge on any atom is -0.360 e. The van der Waals surface area contributed by atoms with Gasteiger partial charge in [0.05, 0.1) is 5.70 Å². The molecule has 5 nitrogen and oxygen atoms in total. The molecular formula is C12H11N5. The summed E-state index contributed by atoms with van der Waals surface area (Å²) in [5.74, 6) is 0. The lowest BCUT2D eigenvalue weighted by molar-refractivity contribution is 0.342. The van der Waals surface area contributed by atoms with E-state index in [0.717, 1.165) is 22.2 Å². The fourth-order valence-electron chi connectivity index (χ4n) is 2.09. The first-order valence-corrected chi connectivity index (χ1v) is 5.27. The zero-order valence-corrected chi connectivity index (χ0v) is 9.28. The molecule has 0 radical (unpaired) electrons. The lowest BCUT2D eigenvalue weighted by Crippen LogP contribution is -2.34. The van der Waals surface area contributed by atoms with Crippen LogP contribution in [0.25, 0.3) is 16.6 Å². The zero-order chi connectivity index (χ0) is 11.8. The smallest absolute Gasteiger partial charge is 0.155 e. The topological polar surface area (TPSA) is 66.9 Å². The van der Waals surface area contributed by atoms with Gasteiger partial charge in [-0.1, -0.05) is 18.2 Å². The van der Waals surface area contributed by atoms with Crippen molar-refractivity contribution >= 4 is 16.6 Å². The van der Waals surface area contributed by atoms with Crippen LogP contribution in [0.3, 0.4) is 0 Å². The van der Waals surface area contributed by atoms with Gasteiger partial charge in [0.25, 0.3) is 0 Å². The van der Waals surface area contributed by atoms with E-state index in [4.69, 9.17) is 5.26 Å². The number of fused-ring (bicyclic) bond motifs is 1. The number of nitrogens with one attached hydrogen (secondary N) is 3. The molecule has 0 spiro atoms. The standard InChI is InChI=1S/C12H11N5/c1-17-12(11(6-13)15-16-17)9-7-14-10-5-3-2-4-8(9)10/h2-5,7,14-16H,1H3. The van der Waals surface area contributed by atoms with Gasteiger partial charge in [-0.2, -0.15) is 5.26 Å². The summed E-state index contributed by atoms with van der Waals surface area (Å²) in [6.45, 7) is 0. The minimum absolute atomic E-state index is 0.525. The molecule has 5 heteroatoms. The maximum atomic E-state index is 9.08. The van der Waals surface area contributed by atoms with Crippen molar-refractivity contribution in [3.05, 3.63) is 41.7 Å². The van der Waals surface area contributed by atoms with E-state index >= 15 is 0 Å². The maximum Gasteiger partial charge on any atom is 0.155 e. The molecule has 0 saturated heterocycles. The van der Waals surface area contributed by atoms with Crippen molar-refractivity contribution in [2.24, 2.45) is 0 Å². The molecule has 17 heavy (non-hydrogen) atoms. The molecule has 1 aromatic heterocycles. The predicted octanol–water partition coefficient (Wildman–Crippen LogP) is 1.31.